The van der Waals surface area contributed by atoms with E-state index in [-0.39, 0.29) is 10.8 Å². The number of rotatable bonds is 6. The molecule has 0 spiro atoms. The van der Waals surface area contributed by atoms with Crippen LogP contribution in [0.2, 0.25) is 0 Å². The number of carbonyl (C=O) groups excluding carboxylic acids is 1. The van der Waals surface area contributed by atoms with E-state index in [0.29, 0.717) is 5.69 Å². The highest BCUT2D eigenvalue weighted by Gasteiger charge is 2.11. The second kappa shape index (κ2) is 9.23. The Morgan fingerprint density at radius 1 is 0.970 bits per heavy atom. The third-order valence-corrected chi connectivity index (χ3v) is 5.88. The molecule has 1 aromatic heterocycles. The predicted molar refractivity (Wildman–Crippen MR) is 129 cm³/mol. The molecule has 8 heteroatoms. The van der Waals surface area contributed by atoms with Gasteiger partial charge in [-0.25, -0.2) is 18.2 Å². The van der Waals surface area contributed by atoms with Gasteiger partial charge in [-0.1, -0.05) is 48.0 Å². The van der Waals surface area contributed by atoms with Crippen LogP contribution in [0.25, 0.3) is 23.0 Å². The summed E-state index contributed by atoms with van der Waals surface area (Å²) in [7, 11) is -3.78. The fourth-order valence-corrected chi connectivity index (χ4v) is 3.75. The van der Waals surface area contributed by atoms with Gasteiger partial charge in [-0.15, -0.1) is 0 Å². The number of benzene rings is 3. The Hall–Kier alpha value is -4.01. The van der Waals surface area contributed by atoms with Gasteiger partial charge >= 0.3 is 0 Å². The SMILES string of the molecule is Cc1ccc(-c2nn(-c3ccccc3)cc2/C=C/C(=O)Nc2ccc(S(N)(=O)=O)cc2)cc1. The monoisotopic (exact) mass is 458 g/mol. The van der Waals surface area contributed by atoms with Crippen LogP contribution in [0.5, 0.6) is 0 Å². The third kappa shape index (κ3) is 5.43. The maximum Gasteiger partial charge on any atom is 0.248 e. The number of aryl methyl sites for hydroxylation is 1. The highest BCUT2D eigenvalue weighted by molar-refractivity contribution is 7.89. The molecule has 4 aromatic rings. The number of amides is 1. The van der Waals surface area contributed by atoms with Crippen LogP contribution < -0.4 is 10.5 Å². The molecule has 4 rings (SSSR count). The Kier molecular flexibility index (Phi) is 6.21. The second-order valence-corrected chi connectivity index (χ2v) is 9.03. The first-order valence-corrected chi connectivity index (χ1v) is 11.7. The predicted octanol–water partition coefficient (Wildman–Crippen LogP) is 4.15. The van der Waals surface area contributed by atoms with Crippen molar-refractivity contribution in [2.75, 3.05) is 5.32 Å². The molecule has 0 unspecified atom stereocenters. The molecular weight excluding hydrogens is 436 g/mol. The van der Waals surface area contributed by atoms with Gasteiger partial charge < -0.3 is 5.32 Å². The Balaban J connectivity index is 1.60. The van der Waals surface area contributed by atoms with E-state index < -0.39 is 10.0 Å². The maximum absolute atomic E-state index is 12.5. The largest absolute Gasteiger partial charge is 0.323 e. The molecule has 0 saturated heterocycles. The molecule has 0 bridgehead atoms. The molecule has 3 aromatic carbocycles. The van der Waals surface area contributed by atoms with E-state index in [0.717, 1.165) is 28.1 Å². The lowest BCUT2D eigenvalue weighted by molar-refractivity contribution is -0.111. The van der Waals surface area contributed by atoms with Crippen LogP contribution >= 0.6 is 0 Å². The van der Waals surface area contributed by atoms with E-state index >= 15 is 0 Å². The van der Waals surface area contributed by atoms with E-state index in [2.05, 4.69) is 5.32 Å². The van der Waals surface area contributed by atoms with Crippen molar-refractivity contribution in [3.63, 3.8) is 0 Å². The Morgan fingerprint density at radius 3 is 2.27 bits per heavy atom. The van der Waals surface area contributed by atoms with Crippen LogP contribution in [-0.4, -0.2) is 24.1 Å². The van der Waals surface area contributed by atoms with Crippen LogP contribution in [0.1, 0.15) is 11.1 Å². The van der Waals surface area contributed by atoms with Gasteiger partial charge in [0.1, 0.15) is 0 Å². The number of hydrogen-bond donors (Lipinski definition) is 2. The van der Waals surface area contributed by atoms with Crippen molar-refractivity contribution in [2.45, 2.75) is 11.8 Å². The summed E-state index contributed by atoms with van der Waals surface area (Å²) in [5, 5.41) is 12.5. The van der Waals surface area contributed by atoms with Crippen molar-refractivity contribution in [3.8, 4) is 16.9 Å². The molecule has 166 valence electrons. The molecule has 0 aliphatic rings. The van der Waals surface area contributed by atoms with E-state index in [1.54, 1.807) is 10.8 Å². The minimum atomic E-state index is -3.78. The van der Waals surface area contributed by atoms with Gasteiger partial charge in [0, 0.05) is 29.1 Å². The molecule has 7 nitrogen and oxygen atoms in total. The average Bonchev–Trinajstić information content (AvgIpc) is 3.23. The van der Waals surface area contributed by atoms with Crippen molar-refractivity contribution < 1.29 is 13.2 Å². The lowest BCUT2D eigenvalue weighted by atomic mass is 10.1. The number of carbonyl (C=O) groups is 1. The van der Waals surface area contributed by atoms with Crippen LogP contribution in [-0.2, 0) is 14.8 Å². The number of nitrogens with two attached hydrogens (primary N) is 1. The zero-order valence-electron chi connectivity index (χ0n) is 17.8. The summed E-state index contributed by atoms with van der Waals surface area (Å²) in [5.41, 5.74) is 4.98. The number of anilines is 1. The summed E-state index contributed by atoms with van der Waals surface area (Å²) in [6.45, 7) is 2.02. The van der Waals surface area contributed by atoms with Gasteiger partial charge in [0.25, 0.3) is 0 Å². The van der Waals surface area contributed by atoms with Crippen LogP contribution in [0.3, 0.4) is 0 Å². The molecule has 0 fully saturated rings. The molecular formula is C25H22N4O3S. The lowest BCUT2D eigenvalue weighted by Crippen LogP contribution is -2.12. The summed E-state index contributed by atoms with van der Waals surface area (Å²) in [6.07, 6.45) is 4.99. The molecule has 0 saturated carbocycles. The molecule has 0 aliphatic heterocycles. The fraction of sp³-hybridized carbons (Fsp3) is 0.0400. The summed E-state index contributed by atoms with van der Waals surface area (Å²) in [5.74, 6) is -0.360. The number of hydrogen-bond acceptors (Lipinski definition) is 4. The first-order valence-electron chi connectivity index (χ1n) is 10.1. The Morgan fingerprint density at radius 2 is 1.64 bits per heavy atom. The normalized spacial score (nSPS) is 11.6. The number of sulfonamides is 1. The van der Waals surface area contributed by atoms with Crippen LogP contribution in [0.15, 0.2) is 96.0 Å². The Labute approximate surface area is 192 Å². The summed E-state index contributed by atoms with van der Waals surface area (Å²) < 4.78 is 24.5. The van der Waals surface area contributed by atoms with Gasteiger partial charge in [-0.2, -0.15) is 5.10 Å². The second-order valence-electron chi connectivity index (χ2n) is 7.47. The minimum absolute atomic E-state index is 0.0212. The standard InChI is InChI=1S/C25H22N4O3S/c1-18-7-9-19(10-8-18)25-20(17-29(28-25)22-5-3-2-4-6-22)11-16-24(30)27-21-12-14-23(15-13-21)33(26,31)32/h2-17H,1H3,(H,27,30)(H2,26,31,32)/b16-11+. The zero-order valence-corrected chi connectivity index (χ0v) is 18.7. The van der Waals surface area contributed by atoms with E-state index in [9.17, 15) is 13.2 Å². The number of nitrogens with one attached hydrogen (secondary N) is 1. The van der Waals surface area contributed by atoms with E-state index in [1.807, 2.05) is 67.7 Å². The van der Waals surface area contributed by atoms with Crippen molar-refractivity contribution in [1.29, 1.82) is 0 Å². The van der Waals surface area contributed by atoms with Crippen LogP contribution in [0.4, 0.5) is 5.69 Å². The average molecular weight is 459 g/mol. The fourth-order valence-electron chi connectivity index (χ4n) is 3.24. The number of aromatic nitrogens is 2. The van der Waals surface area contributed by atoms with E-state index in [4.69, 9.17) is 10.2 Å². The molecule has 0 atom stereocenters. The smallest absolute Gasteiger partial charge is 0.248 e. The van der Waals surface area contributed by atoms with Gasteiger partial charge in [-0.05, 0) is 49.4 Å². The van der Waals surface area contributed by atoms with Gasteiger partial charge in [0.05, 0.1) is 16.3 Å². The van der Waals surface area contributed by atoms with Gasteiger partial charge in [0.15, 0.2) is 0 Å². The number of nitrogens with zero attached hydrogens (tertiary/aromatic N) is 2. The zero-order chi connectivity index (χ0) is 23.4. The molecule has 3 N–H and O–H groups in total. The van der Waals surface area contributed by atoms with Crippen molar-refractivity contribution in [3.05, 3.63) is 102 Å². The highest BCUT2D eigenvalue weighted by atomic mass is 32.2. The minimum Gasteiger partial charge on any atom is -0.323 e. The summed E-state index contributed by atoms with van der Waals surface area (Å²) >= 11 is 0. The summed E-state index contributed by atoms with van der Waals surface area (Å²) in [4.78, 5) is 12.4. The molecule has 33 heavy (non-hydrogen) atoms. The summed E-state index contributed by atoms with van der Waals surface area (Å²) in [6, 6.07) is 23.4. The molecule has 0 aliphatic carbocycles. The van der Waals surface area contributed by atoms with E-state index in [1.165, 1.54) is 30.3 Å². The number of para-hydroxylation sites is 1. The Bertz CT molecular complexity index is 1410. The third-order valence-electron chi connectivity index (χ3n) is 4.95. The highest BCUT2D eigenvalue weighted by Crippen LogP contribution is 2.25. The molecule has 0 radical (unpaired) electrons. The van der Waals surface area contributed by atoms with Crippen LogP contribution in [0, 0.1) is 6.92 Å². The molecule has 1 heterocycles. The quantitative estimate of drug-likeness (QED) is 0.423. The van der Waals surface area contributed by atoms with Crippen molar-refractivity contribution in [2.24, 2.45) is 5.14 Å². The molecule has 1 amide bonds. The van der Waals surface area contributed by atoms with Crippen molar-refractivity contribution in [1.82, 2.24) is 9.78 Å². The lowest BCUT2D eigenvalue weighted by Gasteiger charge is -2.03. The number of primary sulfonamides is 1. The maximum atomic E-state index is 12.5. The first-order chi connectivity index (χ1) is 15.8. The van der Waals surface area contributed by atoms with Crippen molar-refractivity contribution >= 4 is 27.7 Å². The topological polar surface area (TPSA) is 107 Å². The van der Waals surface area contributed by atoms with Gasteiger partial charge in [0.2, 0.25) is 15.9 Å². The van der Waals surface area contributed by atoms with Gasteiger partial charge in [-0.3, -0.25) is 4.79 Å². The first kappa shape index (κ1) is 22.2.